The Hall–Kier alpha value is -2.48. The van der Waals surface area contributed by atoms with Crippen LogP contribution in [0.4, 0.5) is 4.79 Å². The van der Waals surface area contributed by atoms with E-state index in [9.17, 15) is 9.90 Å². The summed E-state index contributed by atoms with van der Waals surface area (Å²) >= 11 is 12.7. The van der Waals surface area contributed by atoms with Gasteiger partial charge in [-0.05, 0) is 58.2 Å². The second kappa shape index (κ2) is 9.29. The topological polar surface area (TPSA) is 93.6 Å². The van der Waals surface area contributed by atoms with E-state index in [0.717, 1.165) is 35.2 Å². The van der Waals surface area contributed by atoms with E-state index in [0.29, 0.717) is 34.0 Å². The van der Waals surface area contributed by atoms with Crippen molar-refractivity contribution in [1.82, 2.24) is 14.5 Å². The second-order valence-corrected chi connectivity index (χ2v) is 10.6. The zero-order chi connectivity index (χ0) is 24.8. The Kier molecular flexibility index (Phi) is 6.73. The van der Waals surface area contributed by atoms with Gasteiger partial charge in [0.05, 0.1) is 16.9 Å². The summed E-state index contributed by atoms with van der Waals surface area (Å²) in [5.41, 5.74) is 9.21. The Morgan fingerprint density at radius 1 is 1.32 bits per heavy atom. The summed E-state index contributed by atoms with van der Waals surface area (Å²) in [6.45, 7) is 8.74. The number of hydrogen-bond donors (Lipinski definition) is 2. The predicted octanol–water partition coefficient (Wildman–Crippen LogP) is 5.88. The molecule has 2 aromatic heterocycles. The van der Waals surface area contributed by atoms with E-state index in [1.54, 1.807) is 21.6 Å². The summed E-state index contributed by atoms with van der Waals surface area (Å²) in [6, 6.07) is 5.16. The zero-order valence-corrected chi connectivity index (χ0v) is 21.4. The molecule has 9 heteroatoms. The smallest absolute Gasteiger partial charge is 0.410 e. The first-order chi connectivity index (χ1) is 16.0. The van der Waals surface area contributed by atoms with Crippen molar-refractivity contribution in [3.63, 3.8) is 0 Å². The minimum atomic E-state index is -0.568. The van der Waals surface area contributed by atoms with Gasteiger partial charge < -0.3 is 25.0 Å². The molecular weight excluding hydrogens is 475 g/mol. The number of likely N-dealkylation sites (tertiary alicyclic amines) is 1. The summed E-state index contributed by atoms with van der Waals surface area (Å²) in [5.74, 6) is 0.0641. The number of halogens is 2. The predicted molar refractivity (Wildman–Crippen MR) is 135 cm³/mol. The molecule has 4 rings (SSSR count). The van der Waals surface area contributed by atoms with Crippen molar-refractivity contribution in [3.05, 3.63) is 45.7 Å². The molecule has 182 valence electrons. The van der Waals surface area contributed by atoms with Gasteiger partial charge in [0.2, 0.25) is 5.88 Å². The van der Waals surface area contributed by atoms with Gasteiger partial charge in [-0.2, -0.15) is 0 Å². The molecule has 1 saturated heterocycles. The zero-order valence-electron chi connectivity index (χ0n) is 19.9. The normalized spacial score (nSPS) is 16.4. The Morgan fingerprint density at radius 3 is 2.71 bits per heavy atom. The van der Waals surface area contributed by atoms with Crippen molar-refractivity contribution in [2.45, 2.75) is 65.3 Å². The van der Waals surface area contributed by atoms with E-state index in [1.165, 1.54) is 0 Å². The van der Waals surface area contributed by atoms with Crippen LogP contribution in [-0.2, 0) is 17.8 Å². The van der Waals surface area contributed by atoms with Crippen LogP contribution in [0.3, 0.4) is 0 Å². The molecule has 1 aliphatic heterocycles. The van der Waals surface area contributed by atoms with E-state index in [-0.39, 0.29) is 24.6 Å². The lowest BCUT2D eigenvalue weighted by Crippen LogP contribution is -2.41. The molecule has 0 unspecified atom stereocenters. The molecule has 0 saturated carbocycles. The van der Waals surface area contributed by atoms with Gasteiger partial charge in [-0.15, -0.1) is 0 Å². The number of rotatable bonds is 4. The van der Waals surface area contributed by atoms with Crippen LogP contribution < -0.4 is 5.73 Å². The lowest BCUT2D eigenvalue weighted by Gasteiger charge is -2.29. The summed E-state index contributed by atoms with van der Waals surface area (Å²) < 4.78 is 7.34. The van der Waals surface area contributed by atoms with Crippen LogP contribution in [-0.4, -0.2) is 43.8 Å². The molecular formula is C25H30Cl2N4O3. The van der Waals surface area contributed by atoms with Gasteiger partial charge in [-0.3, -0.25) is 4.98 Å². The molecule has 3 N–H and O–H groups in total. The third-order valence-corrected chi connectivity index (χ3v) is 6.67. The van der Waals surface area contributed by atoms with Crippen molar-refractivity contribution in [2.75, 3.05) is 6.54 Å². The molecule has 3 heterocycles. The monoisotopic (exact) mass is 504 g/mol. The third-order valence-electron chi connectivity index (χ3n) is 6.12. The number of carbonyl (C=O) groups excluding carboxylic acids is 1. The van der Waals surface area contributed by atoms with Gasteiger partial charge in [0.1, 0.15) is 5.60 Å². The fourth-order valence-electron chi connectivity index (χ4n) is 4.63. The number of ether oxygens (including phenoxy) is 1. The van der Waals surface area contributed by atoms with Gasteiger partial charge in [0.25, 0.3) is 0 Å². The Balaban J connectivity index is 1.78. The average Bonchev–Trinajstić information content (AvgIpc) is 3.31. The van der Waals surface area contributed by atoms with Crippen molar-refractivity contribution in [3.8, 4) is 17.0 Å². The fraction of sp³-hybridized carbons (Fsp3) is 0.440. The minimum absolute atomic E-state index is 0.0641. The Bertz CT molecular complexity index is 1250. The number of aryl methyl sites for hydroxylation is 1. The molecule has 7 nitrogen and oxygen atoms in total. The van der Waals surface area contributed by atoms with E-state index in [2.05, 4.69) is 0 Å². The van der Waals surface area contributed by atoms with Crippen LogP contribution >= 0.6 is 23.2 Å². The number of aromatic hydroxyl groups is 1. The van der Waals surface area contributed by atoms with Crippen LogP contribution in [0.25, 0.3) is 22.0 Å². The van der Waals surface area contributed by atoms with E-state index < -0.39 is 5.60 Å². The van der Waals surface area contributed by atoms with Crippen molar-refractivity contribution in [1.29, 1.82) is 0 Å². The number of carbonyl (C=O) groups is 1. The number of nitrogens with zero attached hydrogens (tertiary/aromatic N) is 3. The van der Waals surface area contributed by atoms with E-state index in [4.69, 9.17) is 38.7 Å². The molecule has 0 spiro atoms. The highest BCUT2D eigenvalue weighted by Crippen LogP contribution is 2.42. The number of amides is 1. The summed E-state index contributed by atoms with van der Waals surface area (Å²) in [5, 5.41) is 12.9. The largest absolute Gasteiger partial charge is 0.494 e. The standard InChI is InChI=1S/C25H30Cl2N4O3/c1-14-18(11-28)21(17-8-7-15(26)10-19(17)27)22-20(29-14)13-30(23(22)32)12-16-6-5-9-31(16)24(33)34-25(2,3)4/h7-8,10,13,16,32H,5-6,9,11-12,28H2,1-4H3/t16-/m0/s1. The van der Waals surface area contributed by atoms with Gasteiger partial charge in [0.15, 0.2) is 0 Å². The highest BCUT2D eigenvalue weighted by atomic mass is 35.5. The molecule has 1 aliphatic rings. The van der Waals surface area contributed by atoms with E-state index in [1.807, 2.05) is 40.0 Å². The SMILES string of the molecule is Cc1nc2cn(C[C@@H]3CCCN3C(=O)OC(C)(C)C)c(O)c2c(-c2ccc(Cl)cc2Cl)c1CN. The number of nitrogens with two attached hydrogens (primary N) is 1. The molecule has 0 aliphatic carbocycles. The lowest BCUT2D eigenvalue weighted by molar-refractivity contribution is 0.0212. The molecule has 0 bridgehead atoms. The summed E-state index contributed by atoms with van der Waals surface area (Å²) in [4.78, 5) is 19.2. The number of fused-ring (bicyclic) bond motifs is 1. The van der Waals surface area contributed by atoms with Crippen LogP contribution in [0.5, 0.6) is 5.88 Å². The van der Waals surface area contributed by atoms with Crippen LogP contribution in [0.15, 0.2) is 24.4 Å². The van der Waals surface area contributed by atoms with Gasteiger partial charge in [-0.25, -0.2) is 4.79 Å². The average molecular weight is 505 g/mol. The molecule has 34 heavy (non-hydrogen) atoms. The first-order valence-corrected chi connectivity index (χ1v) is 12.1. The van der Waals surface area contributed by atoms with Crippen LogP contribution in [0.2, 0.25) is 10.0 Å². The molecule has 1 fully saturated rings. The summed E-state index contributed by atoms with van der Waals surface area (Å²) in [6.07, 6.45) is 3.19. The van der Waals surface area contributed by atoms with Crippen molar-refractivity contribution in [2.24, 2.45) is 5.73 Å². The van der Waals surface area contributed by atoms with E-state index >= 15 is 0 Å². The second-order valence-electron chi connectivity index (χ2n) is 9.71. The van der Waals surface area contributed by atoms with Crippen molar-refractivity contribution >= 4 is 40.2 Å². The number of hydrogen-bond acceptors (Lipinski definition) is 5. The van der Waals surface area contributed by atoms with Crippen LogP contribution in [0, 0.1) is 6.92 Å². The van der Waals surface area contributed by atoms with Gasteiger partial charge in [-0.1, -0.05) is 29.3 Å². The highest BCUT2D eigenvalue weighted by Gasteiger charge is 2.33. The highest BCUT2D eigenvalue weighted by molar-refractivity contribution is 6.36. The quantitative estimate of drug-likeness (QED) is 0.462. The Labute approximate surface area is 209 Å². The first-order valence-electron chi connectivity index (χ1n) is 11.4. The Morgan fingerprint density at radius 2 is 2.06 bits per heavy atom. The van der Waals surface area contributed by atoms with Crippen molar-refractivity contribution < 1.29 is 14.6 Å². The maximum Gasteiger partial charge on any atom is 0.410 e. The molecule has 1 aromatic carbocycles. The number of benzene rings is 1. The molecule has 1 amide bonds. The maximum atomic E-state index is 12.7. The number of pyridine rings is 1. The third kappa shape index (κ3) is 4.69. The van der Waals surface area contributed by atoms with Crippen LogP contribution in [0.1, 0.15) is 44.9 Å². The molecule has 0 radical (unpaired) electrons. The minimum Gasteiger partial charge on any atom is -0.494 e. The number of aromatic nitrogens is 2. The summed E-state index contributed by atoms with van der Waals surface area (Å²) in [7, 11) is 0. The fourth-order valence-corrected chi connectivity index (χ4v) is 5.13. The van der Waals surface area contributed by atoms with Gasteiger partial charge in [0, 0.05) is 52.7 Å². The van der Waals surface area contributed by atoms with Gasteiger partial charge >= 0.3 is 6.09 Å². The molecule has 3 aromatic rings. The lowest BCUT2D eigenvalue weighted by atomic mass is 9.95. The first kappa shape index (κ1) is 24.6. The molecule has 1 atom stereocenters. The maximum absolute atomic E-state index is 12.7.